The van der Waals surface area contributed by atoms with Crippen LogP contribution < -0.4 is 11.1 Å². The molecule has 0 spiro atoms. The summed E-state index contributed by atoms with van der Waals surface area (Å²) >= 11 is 0. The fourth-order valence-corrected chi connectivity index (χ4v) is 3.48. The molecule has 0 bridgehead atoms. The van der Waals surface area contributed by atoms with Gasteiger partial charge in [0.05, 0.1) is 6.10 Å². The normalized spacial score (nSPS) is 26.8. The van der Waals surface area contributed by atoms with Crippen molar-refractivity contribution in [3.05, 3.63) is 11.8 Å². The van der Waals surface area contributed by atoms with Crippen LogP contribution in [0.15, 0.2) is 6.07 Å². The molecule has 2 fully saturated rings. The van der Waals surface area contributed by atoms with Crippen LogP contribution in [0, 0.1) is 0 Å². The second-order valence-electron chi connectivity index (χ2n) is 6.45. The lowest BCUT2D eigenvalue weighted by Crippen LogP contribution is -2.29. The highest BCUT2D eigenvalue weighted by Crippen LogP contribution is 2.31. The zero-order valence-corrected chi connectivity index (χ0v) is 13.0. The molecule has 0 aromatic carbocycles. The molecule has 1 aromatic heterocycles. The SMILES string of the molecule is NC[C@H]1CC[C@@H](C(=O)Nc2cc(C3CCCCCC3)[nH]n2)O1. The second kappa shape index (κ2) is 7.24. The molecule has 0 unspecified atom stereocenters. The Morgan fingerprint density at radius 3 is 2.73 bits per heavy atom. The molecular weight excluding hydrogens is 280 g/mol. The number of anilines is 1. The first-order valence-corrected chi connectivity index (χ1v) is 8.48. The van der Waals surface area contributed by atoms with Crippen LogP contribution >= 0.6 is 0 Å². The molecule has 1 aliphatic carbocycles. The van der Waals surface area contributed by atoms with E-state index in [0.717, 1.165) is 18.5 Å². The minimum Gasteiger partial charge on any atom is -0.364 e. The molecule has 2 atom stereocenters. The standard InChI is InChI=1S/C16H26N4O2/c17-10-12-7-8-14(22-12)16(21)18-15-9-13(19-20-15)11-5-3-1-2-4-6-11/h9,11-12,14H,1-8,10,17H2,(H2,18,19,20,21)/t12-,14+/m1/s1. The summed E-state index contributed by atoms with van der Waals surface area (Å²) in [6.07, 6.45) is 8.83. The topological polar surface area (TPSA) is 93.0 Å². The highest BCUT2D eigenvalue weighted by molar-refractivity contribution is 5.93. The summed E-state index contributed by atoms with van der Waals surface area (Å²) in [5.41, 5.74) is 6.72. The number of aromatic nitrogens is 2. The van der Waals surface area contributed by atoms with Crippen molar-refractivity contribution in [3.8, 4) is 0 Å². The van der Waals surface area contributed by atoms with E-state index in [1.54, 1.807) is 0 Å². The van der Waals surface area contributed by atoms with E-state index in [1.807, 2.05) is 6.07 Å². The number of ether oxygens (including phenoxy) is 1. The Morgan fingerprint density at radius 2 is 2.05 bits per heavy atom. The maximum atomic E-state index is 12.2. The van der Waals surface area contributed by atoms with Crippen LogP contribution in [0.4, 0.5) is 5.82 Å². The number of hydrogen-bond donors (Lipinski definition) is 3. The van der Waals surface area contributed by atoms with Gasteiger partial charge in [-0.15, -0.1) is 0 Å². The van der Waals surface area contributed by atoms with Crippen molar-refractivity contribution >= 4 is 11.7 Å². The smallest absolute Gasteiger partial charge is 0.254 e. The van der Waals surface area contributed by atoms with Crippen LogP contribution in [0.5, 0.6) is 0 Å². The summed E-state index contributed by atoms with van der Waals surface area (Å²) < 4.78 is 5.61. The Labute approximate surface area is 131 Å². The number of rotatable bonds is 4. The maximum Gasteiger partial charge on any atom is 0.254 e. The molecule has 6 heteroatoms. The highest BCUT2D eigenvalue weighted by Gasteiger charge is 2.30. The first-order chi connectivity index (χ1) is 10.8. The highest BCUT2D eigenvalue weighted by atomic mass is 16.5. The summed E-state index contributed by atoms with van der Waals surface area (Å²) in [7, 11) is 0. The first-order valence-electron chi connectivity index (χ1n) is 8.48. The molecule has 4 N–H and O–H groups in total. The zero-order valence-electron chi connectivity index (χ0n) is 13.0. The van der Waals surface area contributed by atoms with E-state index in [2.05, 4.69) is 15.5 Å². The molecule has 2 aliphatic rings. The number of nitrogens with two attached hydrogens (primary N) is 1. The fourth-order valence-electron chi connectivity index (χ4n) is 3.48. The number of aromatic amines is 1. The third kappa shape index (κ3) is 3.67. The molecule has 6 nitrogen and oxygen atoms in total. The minimum atomic E-state index is -0.397. The van der Waals surface area contributed by atoms with Gasteiger partial charge in [0.2, 0.25) is 0 Å². The number of hydrogen-bond acceptors (Lipinski definition) is 4. The molecule has 1 saturated heterocycles. The quantitative estimate of drug-likeness (QED) is 0.744. The molecule has 0 radical (unpaired) electrons. The van der Waals surface area contributed by atoms with Gasteiger partial charge in [-0.3, -0.25) is 9.89 Å². The van der Waals surface area contributed by atoms with Crippen LogP contribution in [-0.4, -0.2) is 34.9 Å². The third-order valence-electron chi connectivity index (χ3n) is 4.81. The second-order valence-corrected chi connectivity index (χ2v) is 6.45. The zero-order chi connectivity index (χ0) is 15.4. The van der Waals surface area contributed by atoms with E-state index < -0.39 is 6.10 Å². The third-order valence-corrected chi connectivity index (χ3v) is 4.81. The van der Waals surface area contributed by atoms with Gasteiger partial charge in [-0.1, -0.05) is 25.7 Å². The van der Waals surface area contributed by atoms with Gasteiger partial charge < -0.3 is 15.8 Å². The van der Waals surface area contributed by atoms with Crippen LogP contribution in [0.25, 0.3) is 0 Å². The van der Waals surface area contributed by atoms with Gasteiger partial charge >= 0.3 is 0 Å². The van der Waals surface area contributed by atoms with Crippen molar-refractivity contribution in [2.45, 2.75) is 69.5 Å². The van der Waals surface area contributed by atoms with Gasteiger partial charge in [0.1, 0.15) is 6.10 Å². The van der Waals surface area contributed by atoms with Crippen LogP contribution in [0.3, 0.4) is 0 Å². The van der Waals surface area contributed by atoms with Crippen molar-refractivity contribution < 1.29 is 9.53 Å². The Kier molecular flexibility index (Phi) is 5.10. The molecule has 1 saturated carbocycles. The lowest BCUT2D eigenvalue weighted by Gasteiger charge is -2.11. The molecule has 3 rings (SSSR count). The van der Waals surface area contributed by atoms with E-state index in [1.165, 1.54) is 38.5 Å². The molecule has 1 aliphatic heterocycles. The molecule has 1 aromatic rings. The largest absolute Gasteiger partial charge is 0.364 e. The molecule has 2 heterocycles. The summed E-state index contributed by atoms with van der Waals surface area (Å²) in [6, 6.07) is 1.98. The first kappa shape index (κ1) is 15.5. The van der Waals surface area contributed by atoms with Gasteiger partial charge in [0.25, 0.3) is 5.91 Å². The predicted octanol–water partition coefficient (Wildman–Crippen LogP) is 2.29. The maximum absolute atomic E-state index is 12.2. The van der Waals surface area contributed by atoms with E-state index >= 15 is 0 Å². The number of amides is 1. The Morgan fingerprint density at radius 1 is 1.27 bits per heavy atom. The Balaban J connectivity index is 1.56. The lowest BCUT2D eigenvalue weighted by molar-refractivity contribution is -0.126. The van der Waals surface area contributed by atoms with Crippen molar-refractivity contribution in [2.24, 2.45) is 5.73 Å². The van der Waals surface area contributed by atoms with Crippen molar-refractivity contribution in [3.63, 3.8) is 0 Å². The van der Waals surface area contributed by atoms with Gasteiger partial charge in [-0.05, 0) is 25.7 Å². The lowest BCUT2D eigenvalue weighted by atomic mass is 9.97. The van der Waals surface area contributed by atoms with Crippen LogP contribution in [0.1, 0.15) is 63.0 Å². The monoisotopic (exact) mass is 306 g/mol. The molecule has 1 amide bonds. The van der Waals surface area contributed by atoms with Gasteiger partial charge in [-0.25, -0.2) is 0 Å². The van der Waals surface area contributed by atoms with Gasteiger partial charge in [0, 0.05) is 24.2 Å². The van der Waals surface area contributed by atoms with Gasteiger partial charge in [-0.2, -0.15) is 5.10 Å². The molecule has 122 valence electrons. The Hall–Kier alpha value is -1.40. The fraction of sp³-hybridized carbons (Fsp3) is 0.750. The predicted molar refractivity (Wildman–Crippen MR) is 84.6 cm³/mol. The van der Waals surface area contributed by atoms with E-state index in [0.29, 0.717) is 18.3 Å². The number of carbonyl (C=O) groups is 1. The van der Waals surface area contributed by atoms with Crippen molar-refractivity contribution in [1.29, 1.82) is 0 Å². The number of nitrogens with zero attached hydrogens (tertiary/aromatic N) is 1. The molecule has 22 heavy (non-hydrogen) atoms. The average Bonchev–Trinajstić information content (AvgIpc) is 3.11. The summed E-state index contributed by atoms with van der Waals surface area (Å²) in [5.74, 6) is 1.03. The van der Waals surface area contributed by atoms with Gasteiger partial charge in [0.15, 0.2) is 5.82 Å². The van der Waals surface area contributed by atoms with E-state index in [-0.39, 0.29) is 12.0 Å². The number of carbonyl (C=O) groups excluding carboxylic acids is 1. The van der Waals surface area contributed by atoms with Crippen molar-refractivity contribution in [2.75, 3.05) is 11.9 Å². The minimum absolute atomic E-state index is 0.0106. The van der Waals surface area contributed by atoms with Crippen LogP contribution in [0.2, 0.25) is 0 Å². The average molecular weight is 306 g/mol. The summed E-state index contributed by atoms with van der Waals surface area (Å²) in [6.45, 7) is 0.470. The summed E-state index contributed by atoms with van der Waals surface area (Å²) in [5, 5.41) is 10.2. The Bertz CT molecular complexity index is 494. The van der Waals surface area contributed by atoms with E-state index in [9.17, 15) is 4.79 Å². The molecular formula is C16H26N4O2. The number of nitrogens with one attached hydrogen (secondary N) is 2. The summed E-state index contributed by atoms with van der Waals surface area (Å²) in [4.78, 5) is 12.2. The van der Waals surface area contributed by atoms with Crippen molar-refractivity contribution in [1.82, 2.24) is 10.2 Å². The number of H-pyrrole nitrogens is 1. The van der Waals surface area contributed by atoms with Crippen LogP contribution in [-0.2, 0) is 9.53 Å². The van der Waals surface area contributed by atoms with E-state index in [4.69, 9.17) is 10.5 Å².